The highest BCUT2D eigenvalue weighted by atomic mass is 19.1. The van der Waals surface area contributed by atoms with Gasteiger partial charge in [0.15, 0.2) is 0 Å². The SMILES string of the molecule is Cn1c(CNC(=O)[C@@H](Cc2ccccc2)NC(=O)c2cccc(F)c2)cc(=O)n(C)c1=O. The molecule has 0 saturated heterocycles. The second-order valence-corrected chi connectivity index (χ2v) is 7.32. The Balaban J connectivity index is 1.79. The van der Waals surface area contributed by atoms with Crippen molar-refractivity contribution in [2.24, 2.45) is 14.1 Å². The Hall–Kier alpha value is -4.01. The molecule has 0 saturated carbocycles. The quantitative estimate of drug-likeness (QED) is 0.572. The highest BCUT2D eigenvalue weighted by molar-refractivity contribution is 5.97. The third kappa shape index (κ3) is 5.37. The van der Waals surface area contributed by atoms with E-state index in [0.29, 0.717) is 5.69 Å². The number of nitrogens with one attached hydrogen (secondary N) is 2. The predicted octanol–water partition coefficient (Wildman–Crippen LogP) is 0.881. The molecule has 1 atom stereocenters. The summed E-state index contributed by atoms with van der Waals surface area (Å²) < 4.78 is 15.7. The van der Waals surface area contributed by atoms with Crippen molar-refractivity contribution >= 4 is 11.8 Å². The molecule has 2 amide bonds. The number of aromatic nitrogens is 2. The van der Waals surface area contributed by atoms with Crippen LogP contribution in [0, 0.1) is 5.82 Å². The molecule has 0 aliphatic rings. The van der Waals surface area contributed by atoms with Gasteiger partial charge >= 0.3 is 5.69 Å². The number of carbonyl (C=O) groups excluding carboxylic acids is 2. The van der Waals surface area contributed by atoms with Crippen molar-refractivity contribution in [2.45, 2.75) is 19.0 Å². The van der Waals surface area contributed by atoms with Crippen LogP contribution in [0.3, 0.4) is 0 Å². The van der Waals surface area contributed by atoms with Gasteiger partial charge in [-0.2, -0.15) is 0 Å². The van der Waals surface area contributed by atoms with Crippen molar-refractivity contribution in [3.05, 3.63) is 104 Å². The fraction of sp³-hybridized carbons (Fsp3) is 0.217. The minimum Gasteiger partial charge on any atom is -0.349 e. The number of carbonyl (C=O) groups is 2. The summed E-state index contributed by atoms with van der Waals surface area (Å²) in [5, 5.41) is 5.31. The average molecular weight is 438 g/mol. The second-order valence-electron chi connectivity index (χ2n) is 7.32. The van der Waals surface area contributed by atoms with Gasteiger partial charge in [-0.15, -0.1) is 0 Å². The number of rotatable bonds is 7. The van der Waals surface area contributed by atoms with Crippen molar-refractivity contribution in [3.63, 3.8) is 0 Å². The summed E-state index contributed by atoms with van der Waals surface area (Å²) in [7, 11) is 2.86. The highest BCUT2D eigenvalue weighted by Gasteiger charge is 2.22. The monoisotopic (exact) mass is 438 g/mol. The summed E-state index contributed by atoms with van der Waals surface area (Å²) in [5.41, 5.74) is 0.221. The molecule has 0 fully saturated rings. The van der Waals surface area contributed by atoms with E-state index in [1.807, 2.05) is 30.3 Å². The Kier molecular flexibility index (Phi) is 6.99. The number of benzene rings is 2. The Bertz CT molecular complexity index is 1250. The van der Waals surface area contributed by atoms with Gasteiger partial charge in [0.05, 0.1) is 6.54 Å². The first-order chi connectivity index (χ1) is 15.3. The molecule has 0 aliphatic carbocycles. The van der Waals surface area contributed by atoms with E-state index in [0.717, 1.165) is 16.2 Å². The van der Waals surface area contributed by atoms with Gasteiger partial charge in [-0.25, -0.2) is 9.18 Å². The van der Waals surface area contributed by atoms with Crippen LogP contribution in [0.1, 0.15) is 21.6 Å². The van der Waals surface area contributed by atoms with Crippen LogP contribution < -0.4 is 21.9 Å². The Morgan fingerprint density at radius 3 is 2.38 bits per heavy atom. The van der Waals surface area contributed by atoms with Crippen LogP contribution in [0.5, 0.6) is 0 Å². The average Bonchev–Trinajstić information content (AvgIpc) is 2.79. The van der Waals surface area contributed by atoms with E-state index in [4.69, 9.17) is 0 Å². The first-order valence-corrected chi connectivity index (χ1v) is 9.90. The van der Waals surface area contributed by atoms with Crippen LogP contribution in [-0.4, -0.2) is 27.0 Å². The lowest BCUT2D eigenvalue weighted by Crippen LogP contribution is -2.48. The largest absolute Gasteiger partial charge is 0.349 e. The summed E-state index contributed by atoms with van der Waals surface area (Å²) in [6, 6.07) is 14.6. The van der Waals surface area contributed by atoms with Gasteiger partial charge in [0.2, 0.25) is 5.91 Å². The molecule has 0 radical (unpaired) electrons. The van der Waals surface area contributed by atoms with E-state index in [2.05, 4.69) is 10.6 Å². The lowest BCUT2D eigenvalue weighted by molar-refractivity contribution is -0.123. The molecule has 0 spiro atoms. The Labute approximate surface area is 183 Å². The van der Waals surface area contributed by atoms with Crippen molar-refractivity contribution in [1.82, 2.24) is 19.8 Å². The molecule has 32 heavy (non-hydrogen) atoms. The van der Waals surface area contributed by atoms with Crippen LogP contribution in [0.4, 0.5) is 4.39 Å². The van der Waals surface area contributed by atoms with Crippen LogP contribution in [0.15, 0.2) is 70.3 Å². The highest BCUT2D eigenvalue weighted by Crippen LogP contribution is 2.07. The number of hydrogen-bond donors (Lipinski definition) is 2. The van der Waals surface area contributed by atoms with E-state index >= 15 is 0 Å². The summed E-state index contributed by atoms with van der Waals surface area (Å²) in [5.74, 6) is -1.67. The molecule has 1 heterocycles. The lowest BCUT2D eigenvalue weighted by atomic mass is 10.0. The second kappa shape index (κ2) is 9.86. The molecule has 0 unspecified atom stereocenters. The van der Waals surface area contributed by atoms with Crippen LogP contribution in [-0.2, 0) is 31.9 Å². The summed E-state index contributed by atoms with van der Waals surface area (Å²) in [6.45, 7) is -0.0816. The Morgan fingerprint density at radius 1 is 0.969 bits per heavy atom. The van der Waals surface area contributed by atoms with E-state index in [-0.39, 0.29) is 18.5 Å². The van der Waals surface area contributed by atoms with Crippen molar-refractivity contribution in [1.29, 1.82) is 0 Å². The standard InChI is InChI=1S/C23H23FN4O4/c1-27-18(13-20(29)28(2)23(27)32)14-25-22(31)19(11-15-7-4-3-5-8-15)26-21(30)16-9-6-10-17(24)12-16/h3-10,12-13,19H,11,14H2,1-2H3,(H,25,31)(H,26,30)/t19-/m1/s1. The van der Waals surface area contributed by atoms with E-state index in [1.165, 1.54) is 42.9 Å². The zero-order chi connectivity index (χ0) is 23.3. The Morgan fingerprint density at radius 2 is 1.69 bits per heavy atom. The van der Waals surface area contributed by atoms with E-state index in [1.54, 1.807) is 0 Å². The van der Waals surface area contributed by atoms with Crippen LogP contribution in [0.25, 0.3) is 0 Å². The first-order valence-electron chi connectivity index (χ1n) is 9.90. The smallest absolute Gasteiger partial charge is 0.330 e. The van der Waals surface area contributed by atoms with Crippen molar-refractivity contribution in [3.8, 4) is 0 Å². The molecule has 3 rings (SSSR count). The predicted molar refractivity (Wildman–Crippen MR) is 117 cm³/mol. The molecule has 166 valence electrons. The first kappa shape index (κ1) is 22.7. The van der Waals surface area contributed by atoms with Crippen molar-refractivity contribution < 1.29 is 14.0 Å². The molecule has 2 aromatic carbocycles. The lowest BCUT2D eigenvalue weighted by Gasteiger charge is -2.19. The van der Waals surface area contributed by atoms with Gasteiger partial charge in [0.1, 0.15) is 11.9 Å². The van der Waals surface area contributed by atoms with Crippen molar-refractivity contribution in [2.75, 3.05) is 0 Å². The van der Waals surface area contributed by atoms with Gasteiger partial charge < -0.3 is 10.6 Å². The normalized spacial score (nSPS) is 11.6. The van der Waals surface area contributed by atoms with Crippen LogP contribution >= 0.6 is 0 Å². The molecule has 8 nitrogen and oxygen atoms in total. The van der Waals surface area contributed by atoms with Crippen LogP contribution in [0.2, 0.25) is 0 Å². The molecule has 2 N–H and O–H groups in total. The summed E-state index contributed by atoms with van der Waals surface area (Å²) in [4.78, 5) is 49.5. The molecule has 0 bridgehead atoms. The number of nitrogens with zero attached hydrogens (tertiary/aromatic N) is 2. The molecule has 1 aromatic heterocycles. The number of halogens is 1. The third-order valence-corrected chi connectivity index (χ3v) is 5.06. The summed E-state index contributed by atoms with van der Waals surface area (Å²) in [6.07, 6.45) is 0.198. The third-order valence-electron chi connectivity index (χ3n) is 5.06. The maximum Gasteiger partial charge on any atom is 0.330 e. The van der Waals surface area contributed by atoms with Gasteiger partial charge in [0.25, 0.3) is 11.5 Å². The minimum absolute atomic E-state index is 0.0816. The topological polar surface area (TPSA) is 102 Å². The molecule has 9 heteroatoms. The molecule has 3 aromatic rings. The zero-order valence-corrected chi connectivity index (χ0v) is 17.7. The molecular weight excluding hydrogens is 415 g/mol. The maximum absolute atomic E-state index is 13.5. The fourth-order valence-corrected chi connectivity index (χ4v) is 3.18. The van der Waals surface area contributed by atoms with Gasteiger partial charge in [0, 0.05) is 37.8 Å². The molecule has 0 aliphatic heterocycles. The maximum atomic E-state index is 13.5. The minimum atomic E-state index is -0.961. The number of hydrogen-bond acceptors (Lipinski definition) is 4. The van der Waals surface area contributed by atoms with Gasteiger partial charge in [-0.05, 0) is 23.8 Å². The van der Waals surface area contributed by atoms with Gasteiger partial charge in [-0.3, -0.25) is 23.5 Å². The zero-order valence-electron chi connectivity index (χ0n) is 17.7. The fourth-order valence-electron chi connectivity index (χ4n) is 3.18. The summed E-state index contributed by atoms with van der Waals surface area (Å²) >= 11 is 0. The molecular formula is C23H23FN4O4. The van der Waals surface area contributed by atoms with E-state index in [9.17, 15) is 23.6 Å². The number of amides is 2. The van der Waals surface area contributed by atoms with Gasteiger partial charge in [-0.1, -0.05) is 36.4 Å². The van der Waals surface area contributed by atoms with E-state index < -0.39 is 34.9 Å².